The molecule has 0 unspecified atom stereocenters. The van der Waals surface area contributed by atoms with Crippen molar-refractivity contribution in [2.45, 2.75) is 20.5 Å². The molecule has 0 aliphatic rings. The summed E-state index contributed by atoms with van der Waals surface area (Å²) in [6.07, 6.45) is 0. The fraction of sp³-hybridized carbons (Fsp3) is 0.174. The van der Waals surface area contributed by atoms with Crippen LogP contribution in [-0.4, -0.2) is 12.5 Å². The van der Waals surface area contributed by atoms with Crippen LogP contribution in [0.2, 0.25) is 10.0 Å². The molecule has 3 aromatic carbocycles. The Morgan fingerprint density at radius 2 is 1.72 bits per heavy atom. The molecule has 0 saturated heterocycles. The third kappa shape index (κ3) is 5.66. The van der Waals surface area contributed by atoms with Crippen LogP contribution in [0.5, 0.6) is 11.5 Å². The first-order valence-electron chi connectivity index (χ1n) is 9.18. The lowest BCUT2D eigenvalue weighted by molar-refractivity contribution is 0.102. The highest BCUT2D eigenvalue weighted by molar-refractivity contribution is 6.36. The van der Waals surface area contributed by atoms with Gasteiger partial charge in [-0.25, -0.2) is 0 Å². The van der Waals surface area contributed by atoms with Crippen LogP contribution in [-0.2, 0) is 6.61 Å². The third-order valence-corrected chi connectivity index (χ3v) is 4.76. The predicted octanol–water partition coefficient (Wildman–Crippen LogP) is 6.53. The number of hydrogen-bond donors (Lipinski definition) is 1. The minimum absolute atomic E-state index is 0.279. The topological polar surface area (TPSA) is 47.6 Å². The van der Waals surface area contributed by atoms with E-state index in [2.05, 4.69) is 5.32 Å². The molecule has 0 radical (unpaired) electrons. The first-order chi connectivity index (χ1) is 14.0. The summed E-state index contributed by atoms with van der Waals surface area (Å²) in [5.74, 6) is 1.15. The summed E-state index contributed by atoms with van der Waals surface area (Å²) in [7, 11) is 0. The zero-order valence-corrected chi connectivity index (χ0v) is 17.7. The number of rotatable bonds is 7. The molecule has 0 atom stereocenters. The first-order valence-corrected chi connectivity index (χ1v) is 9.93. The van der Waals surface area contributed by atoms with Crippen molar-refractivity contribution < 1.29 is 14.3 Å². The number of ether oxygens (including phenoxy) is 2. The highest BCUT2D eigenvalue weighted by Crippen LogP contribution is 2.27. The molecular formula is C23H21Cl2NO3. The lowest BCUT2D eigenvalue weighted by atomic mass is 10.1. The summed E-state index contributed by atoms with van der Waals surface area (Å²) >= 11 is 12.1. The van der Waals surface area contributed by atoms with Gasteiger partial charge in [0.2, 0.25) is 0 Å². The summed E-state index contributed by atoms with van der Waals surface area (Å²) in [5.41, 5.74) is 2.91. The van der Waals surface area contributed by atoms with E-state index in [0.29, 0.717) is 33.7 Å². The van der Waals surface area contributed by atoms with Crippen molar-refractivity contribution in [2.24, 2.45) is 0 Å². The summed E-state index contributed by atoms with van der Waals surface area (Å²) in [6, 6.07) is 18.0. The molecule has 0 aliphatic heterocycles. The Labute approximate surface area is 180 Å². The van der Waals surface area contributed by atoms with Gasteiger partial charge < -0.3 is 14.8 Å². The summed E-state index contributed by atoms with van der Waals surface area (Å²) in [6.45, 7) is 4.73. The van der Waals surface area contributed by atoms with E-state index in [1.807, 2.05) is 38.1 Å². The average Bonchev–Trinajstić information content (AvgIpc) is 2.70. The van der Waals surface area contributed by atoms with Gasteiger partial charge in [-0.1, -0.05) is 40.9 Å². The van der Waals surface area contributed by atoms with Gasteiger partial charge >= 0.3 is 0 Å². The predicted molar refractivity (Wildman–Crippen MR) is 118 cm³/mol. The fourth-order valence-electron chi connectivity index (χ4n) is 2.71. The molecule has 0 aromatic heterocycles. The second-order valence-corrected chi connectivity index (χ2v) is 7.28. The Bertz CT molecular complexity index is 1000. The van der Waals surface area contributed by atoms with Crippen LogP contribution < -0.4 is 14.8 Å². The van der Waals surface area contributed by atoms with Crippen LogP contribution in [0, 0.1) is 6.92 Å². The zero-order valence-electron chi connectivity index (χ0n) is 16.2. The third-order valence-electron chi connectivity index (χ3n) is 4.22. The van der Waals surface area contributed by atoms with Crippen LogP contribution in [0.1, 0.15) is 28.4 Å². The highest BCUT2D eigenvalue weighted by Gasteiger charge is 2.13. The molecule has 0 fully saturated rings. The maximum atomic E-state index is 12.7. The largest absolute Gasteiger partial charge is 0.493 e. The van der Waals surface area contributed by atoms with Gasteiger partial charge in [-0.15, -0.1) is 0 Å². The first kappa shape index (κ1) is 21.0. The number of carbonyl (C=O) groups excluding carboxylic acids is 1. The van der Waals surface area contributed by atoms with Crippen molar-refractivity contribution in [2.75, 3.05) is 11.9 Å². The Morgan fingerprint density at radius 3 is 2.41 bits per heavy atom. The van der Waals surface area contributed by atoms with Gasteiger partial charge in [0.1, 0.15) is 18.1 Å². The van der Waals surface area contributed by atoms with Crippen LogP contribution >= 0.6 is 23.2 Å². The minimum atomic E-state index is -0.283. The normalized spacial score (nSPS) is 10.5. The highest BCUT2D eigenvalue weighted by atomic mass is 35.5. The number of benzene rings is 3. The smallest absolute Gasteiger partial charge is 0.255 e. The SMILES string of the molecule is CCOc1ccc(C(=O)Nc2ccc(Cl)cc2Cl)cc1COc1ccc(C)cc1. The van der Waals surface area contributed by atoms with E-state index >= 15 is 0 Å². The maximum Gasteiger partial charge on any atom is 0.255 e. The summed E-state index contributed by atoms with van der Waals surface area (Å²) in [5, 5.41) is 3.68. The van der Waals surface area contributed by atoms with Crippen LogP contribution in [0.4, 0.5) is 5.69 Å². The molecular weight excluding hydrogens is 409 g/mol. The monoisotopic (exact) mass is 429 g/mol. The fourth-order valence-corrected chi connectivity index (χ4v) is 3.17. The quantitative estimate of drug-likeness (QED) is 0.464. The van der Waals surface area contributed by atoms with Crippen molar-refractivity contribution in [1.82, 2.24) is 0 Å². The molecule has 0 aliphatic carbocycles. The van der Waals surface area contributed by atoms with Gasteiger partial charge in [0.05, 0.1) is 17.3 Å². The number of hydrogen-bond acceptors (Lipinski definition) is 3. The maximum absolute atomic E-state index is 12.7. The number of carbonyl (C=O) groups is 1. The number of nitrogens with one attached hydrogen (secondary N) is 1. The van der Waals surface area contributed by atoms with Crippen molar-refractivity contribution >= 4 is 34.8 Å². The summed E-state index contributed by atoms with van der Waals surface area (Å²) in [4.78, 5) is 12.7. The van der Waals surface area contributed by atoms with Crippen molar-refractivity contribution in [3.05, 3.63) is 87.4 Å². The molecule has 1 amide bonds. The molecule has 6 heteroatoms. The second-order valence-electron chi connectivity index (χ2n) is 6.44. The van der Waals surface area contributed by atoms with Crippen molar-refractivity contribution in [3.63, 3.8) is 0 Å². The summed E-state index contributed by atoms with van der Waals surface area (Å²) < 4.78 is 11.6. The average molecular weight is 430 g/mol. The van der Waals surface area contributed by atoms with Gasteiger partial charge in [0.25, 0.3) is 5.91 Å². The number of anilines is 1. The Balaban J connectivity index is 1.79. The Morgan fingerprint density at radius 1 is 0.966 bits per heavy atom. The molecule has 0 spiro atoms. The Kier molecular flexibility index (Phi) is 7.02. The zero-order chi connectivity index (χ0) is 20.8. The molecule has 3 rings (SSSR count). The van der Waals surface area contributed by atoms with Crippen LogP contribution in [0.25, 0.3) is 0 Å². The van der Waals surface area contributed by atoms with Crippen molar-refractivity contribution in [3.8, 4) is 11.5 Å². The molecule has 0 heterocycles. The Hall–Kier alpha value is -2.69. The van der Waals surface area contributed by atoms with Gasteiger partial charge in [0, 0.05) is 16.1 Å². The lowest BCUT2D eigenvalue weighted by Crippen LogP contribution is -2.13. The molecule has 3 aromatic rings. The van der Waals surface area contributed by atoms with E-state index in [4.69, 9.17) is 32.7 Å². The van der Waals surface area contributed by atoms with Gasteiger partial charge in [-0.05, 0) is 62.4 Å². The van der Waals surface area contributed by atoms with E-state index in [0.717, 1.165) is 16.9 Å². The van der Waals surface area contributed by atoms with Crippen LogP contribution in [0.3, 0.4) is 0 Å². The molecule has 29 heavy (non-hydrogen) atoms. The standard InChI is InChI=1S/C23H21Cl2NO3/c1-3-28-22-11-6-16(23(27)26-21-10-7-18(24)13-20(21)25)12-17(22)14-29-19-8-4-15(2)5-9-19/h4-13H,3,14H2,1-2H3,(H,26,27). The van der Waals surface area contributed by atoms with Crippen LogP contribution in [0.15, 0.2) is 60.7 Å². The molecule has 1 N–H and O–H groups in total. The van der Waals surface area contributed by atoms with Gasteiger partial charge in [0.15, 0.2) is 0 Å². The van der Waals surface area contributed by atoms with E-state index in [1.165, 1.54) is 0 Å². The van der Waals surface area contributed by atoms with E-state index in [9.17, 15) is 4.79 Å². The molecule has 150 valence electrons. The van der Waals surface area contributed by atoms with Crippen molar-refractivity contribution in [1.29, 1.82) is 0 Å². The number of aryl methyl sites for hydroxylation is 1. The molecule has 0 bridgehead atoms. The van der Waals surface area contributed by atoms with E-state index < -0.39 is 0 Å². The minimum Gasteiger partial charge on any atom is -0.493 e. The van der Waals surface area contributed by atoms with Gasteiger partial charge in [-0.3, -0.25) is 4.79 Å². The number of halogens is 2. The molecule has 0 saturated carbocycles. The van der Waals surface area contributed by atoms with Gasteiger partial charge in [-0.2, -0.15) is 0 Å². The number of amides is 1. The van der Waals surface area contributed by atoms with E-state index in [1.54, 1.807) is 36.4 Å². The van der Waals surface area contributed by atoms with E-state index in [-0.39, 0.29) is 12.5 Å². The second kappa shape index (κ2) is 9.68. The lowest BCUT2D eigenvalue weighted by Gasteiger charge is -2.14. The molecule has 4 nitrogen and oxygen atoms in total.